The standard InChI is InChI=1S/C23H20N4O2/c1-16-21(17(2)26(25-16)15-18-7-4-3-5-8-18)14-13-20-12-11-19-9-6-10-22(27(28)29)23(19)24-20/h3-14H,15H2,1-2H3. The van der Waals surface area contributed by atoms with Gasteiger partial charge in [-0.05, 0) is 37.6 Å². The molecule has 2 aromatic carbocycles. The van der Waals surface area contributed by atoms with Crippen LogP contribution in [0.3, 0.4) is 0 Å². The number of nitro groups is 1. The smallest absolute Gasteiger partial charge is 0.265 e. The van der Waals surface area contributed by atoms with Crippen LogP contribution in [0.1, 0.15) is 28.2 Å². The van der Waals surface area contributed by atoms with Gasteiger partial charge in [0, 0.05) is 22.7 Å². The molecule has 0 unspecified atom stereocenters. The van der Waals surface area contributed by atoms with Gasteiger partial charge in [-0.15, -0.1) is 0 Å². The molecule has 0 atom stereocenters. The van der Waals surface area contributed by atoms with Crippen molar-refractivity contribution in [3.05, 3.63) is 99.0 Å². The minimum Gasteiger partial charge on any atom is -0.265 e. The minimum atomic E-state index is -0.398. The van der Waals surface area contributed by atoms with E-state index < -0.39 is 4.92 Å². The van der Waals surface area contributed by atoms with Crippen LogP contribution < -0.4 is 0 Å². The number of nitrogens with zero attached hydrogens (tertiary/aromatic N) is 4. The fourth-order valence-electron chi connectivity index (χ4n) is 3.42. The average Bonchev–Trinajstić information content (AvgIpc) is 2.99. The van der Waals surface area contributed by atoms with Gasteiger partial charge in [-0.1, -0.05) is 48.5 Å². The molecular formula is C23H20N4O2. The Morgan fingerprint density at radius 1 is 1.00 bits per heavy atom. The number of nitro benzene ring substituents is 1. The summed E-state index contributed by atoms with van der Waals surface area (Å²) in [5.74, 6) is 0. The Labute approximate surface area is 168 Å². The zero-order valence-electron chi connectivity index (χ0n) is 16.2. The van der Waals surface area contributed by atoms with Crippen molar-refractivity contribution in [1.82, 2.24) is 14.8 Å². The molecule has 0 aliphatic rings. The molecule has 4 aromatic rings. The lowest BCUT2D eigenvalue weighted by atomic mass is 10.1. The van der Waals surface area contributed by atoms with Crippen molar-refractivity contribution in [2.24, 2.45) is 0 Å². The predicted molar refractivity (Wildman–Crippen MR) is 115 cm³/mol. The normalized spacial score (nSPS) is 11.4. The molecule has 0 amide bonds. The summed E-state index contributed by atoms with van der Waals surface area (Å²) in [6.07, 6.45) is 3.85. The molecule has 0 fully saturated rings. The van der Waals surface area contributed by atoms with Crippen molar-refractivity contribution >= 4 is 28.7 Å². The number of fused-ring (bicyclic) bond motifs is 1. The fraction of sp³-hybridized carbons (Fsp3) is 0.130. The van der Waals surface area contributed by atoms with Crippen LogP contribution in [0.5, 0.6) is 0 Å². The van der Waals surface area contributed by atoms with Gasteiger partial charge in [0.1, 0.15) is 5.52 Å². The van der Waals surface area contributed by atoms with E-state index >= 15 is 0 Å². The molecular weight excluding hydrogens is 364 g/mol. The van der Waals surface area contributed by atoms with Crippen LogP contribution in [-0.2, 0) is 6.54 Å². The van der Waals surface area contributed by atoms with Gasteiger partial charge in [0.05, 0.1) is 22.9 Å². The summed E-state index contributed by atoms with van der Waals surface area (Å²) in [6, 6.07) is 18.9. The van der Waals surface area contributed by atoms with Crippen molar-refractivity contribution in [1.29, 1.82) is 0 Å². The Hall–Kier alpha value is -3.80. The molecule has 0 saturated heterocycles. The quantitative estimate of drug-likeness (QED) is 0.351. The molecule has 0 radical (unpaired) electrons. The topological polar surface area (TPSA) is 73.8 Å². The summed E-state index contributed by atoms with van der Waals surface area (Å²) in [5, 5.41) is 16.7. The van der Waals surface area contributed by atoms with Crippen molar-refractivity contribution in [2.45, 2.75) is 20.4 Å². The zero-order valence-corrected chi connectivity index (χ0v) is 16.2. The molecule has 0 spiro atoms. The summed E-state index contributed by atoms with van der Waals surface area (Å²) in [5.41, 5.74) is 5.30. The van der Waals surface area contributed by atoms with Crippen molar-refractivity contribution in [3.8, 4) is 0 Å². The number of pyridine rings is 1. The van der Waals surface area contributed by atoms with E-state index in [2.05, 4.69) is 22.2 Å². The number of aryl methyl sites for hydroxylation is 1. The van der Waals surface area contributed by atoms with Crippen LogP contribution in [0, 0.1) is 24.0 Å². The molecule has 0 saturated carbocycles. The highest BCUT2D eigenvalue weighted by molar-refractivity contribution is 5.88. The zero-order chi connectivity index (χ0) is 20.4. The number of para-hydroxylation sites is 1. The first-order valence-corrected chi connectivity index (χ1v) is 9.33. The average molecular weight is 384 g/mol. The number of hydrogen-bond acceptors (Lipinski definition) is 4. The second kappa shape index (κ2) is 7.67. The third kappa shape index (κ3) is 3.78. The first-order valence-electron chi connectivity index (χ1n) is 9.33. The van der Waals surface area contributed by atoms with E-state index in [9.17, 15) is 10.1 Å². The Balaban J connectivity index is 1.66. The number of benzene rings is 2. The van der Waals surface area contributed by atoms with Crippen LogP contribution in [0.2, 0.25) is 0 Å². The molecule has 6 heteroatoms. The van der Waals surface area contributed by atoms with Crippen LogP contribution >= 0.6 is 0 Å². The Kier molecular flexibility index (Phi) is 4.91. The monoisotopic (exact) mass is 384 g/mol. The first kappa shape index (κ1) is 18.6. The lowest BCUT2D eigenvalue weighted by Gasteiger charge is -2.04. The molecule has 0 bridgehead atoms. The highest BCUT2D eigenvalue weighted by atomic mass is 16.6. The number of rotatable bonds is 5. The SMILES string of the molecule is Cc1nn(Cc2ccccc2)c(C)c1C=Cc1ccc2cccc([N+](=O)[O-])c2n1. The lowest BCUT2D eigenvalue weighted by molar-refractivity contribution is -0.383. The van der Waals surface area contributed by atoms with Crippen molar-refractivity contribution < 1.29 is 4.92 Å². The molecule has 0 aliphatic carbocycles. The Morgan fingerprint density at radius 2 is 1.79 bits per heavy atom. The van der Waals surface area contributed by atoms with Gasteiger partial charge < -0.3 is 0 Å². The van der Waals surface area contributed by atoms with Gasteiger partial charge >= 0.3 is 0 Å². The van der Waals surface area contributed by atoms with E-state index in [1.165, 1.54) is 11.6 Å². The minimum absolute atomic E-state index is 0.0146. The predicted octanol–water partition coefficient (Wildman–Crippen LogP) is 5.18. The third-order valence-corrected chi connectivity index (χ3v) is 4.95. The van der Waals surface area contributed by atoms with Crippen LogP contribution in [-0.4, -0.2) is 19.7 Å². The van der Waals surface area contributed by atoms with Gasteiger partial charge in [-0.2, -0.15) is 5.10 Å². The van der Waals surface area contributed by atoms with Gasteiger partial charge in [-0.25, -0.2) is 4.98 Å². The third-order valence-electron chi connectivity index (χ3n) is 4.95. The largest absolute Gasteiger partial charge is 0.295 e. The number of non-ortho nitro benzene ring substituents is 1. The second-order valence-electron chi connectivity index (χ2n) is 6.90. The molecule has 0 N–H and O–H groups in total. The summed E-state index contributed by atoms with van der Waals surface area (Å²) >= 11 is 0. The van der Waals surface area contributed by atoms with Crippen LogP contribution in [0.25, 0.3) is 23.1 Å². The molecule has 6 nitrogen and oxygen atoms in total. The highest BCUT2D eigenvalue weighted by Crippen LogP contribution is 2.24. The number of hydrogen-bond donors (Lipinski definition) is 0. The maximum atomic E-state index is 11.3. The Morgan fingerprint density at radius 3 is 2.55 bits per heavy atom. The van der Waals surface area contributed by atoms with Gasteiger partial charge in [0.2, 0.25) is 0 Å². The van der Waals surface area contributed by atoms with Gasteiger partial charge in [0.25, 0.3) is 5.69 Å². The summed E-state index contributed by atoms with van der Waals surface area (Å²) in [7, 11) is 0. The van der Waals surface area contributed by atoms with Crippen molar-refractivity contribution in [3.63, 3.8) is 0 Å². The van der Waals surface area contributed by atoms with E-state index in [1.54, 1.807) is 6.07 Å². The molecule has 29 heavy (non-hydrogen) atoms. The first-order chi connectivity index (χ1) is 14.0. The summed E-state index contributed by atoms with van der Waals surface area (Å²) in [4.78, 5) is 15.4. The second-order valence-corrected chi connectivity index (χ2v) is 6.90. The Bertz CT molecular complexity index is 1230. The van der Waals surface area contributed by atoms with E-state index in [1.807, 2.05) is 67.1 Å². The molecule has 2 aromatic heterocycles. The highest BCUT2D eigenvalue weighted by Gasteiger charge is 2.13. The van der Waals surface area contributed by atoms with E-state index in [0.29, 0.717) is 17.8 Å². The van der Waals surface area contributed by atoms with Crippen molar-refractivity contribution in [2.75, 3.05) is 0 Å². The van der Waals surface area contributed by atoms with E-state index in [0.717, 1.165) is 22.3 Å². The van der Waals surface area contributed by atoms with Crippen LogP contribution in [0.15, 0.2) is 60.7 Å². The maximum Gasteiger partial charge on any atom is 0.295 e. The molecule has 144 valence electrons. The van der Waals surface area contributed by atoms with E-state index in [4.69, 9.17) is 0 Å². The maximum absolute atomic E-state index is 11.3. The fourth-order valence-corrected chi connectivity index (χ4v) is 3.42. The molecule has 4 rings (SSSR count). The molecule has 0 aliphatic heterocycles. The van der Waals surface area contributed by atoms with E-state index in [-0.39, 0.29) is 5.69 Å². The molecule has 2 heterocycles. The lowest BCUT2D eigenvalue weighted by Crippen LogP contribution is -2.03. The van der Waals surface area contributed by atoms with Gasteiger partial charge in [0.15, 0.2) is 0 Å². The number of aromatic nitrogens is 3. The summed E-state index contributed by atoms with van der Waals surface area (Å²) in [6.45, 7) is 4.73. The summed E-state index contributed by atoms with van der Waals surface area (Å²) < 4.78 is 1.99. The van der Waals surface area contributed by atoms with Crippen LogP contribution in [0.4, 0.5) is 5.69 Å². The van der Waals surface area contributed by atoms with Gasteiger partial charge in [-0.3, -0.25) is 14.8 Å².